The number of nitrogens with zero attached hydrogens (tertiary/aromatic N) is 2. The molecule has 1 saturated heterocycles. The third kappa shape index (κ3) is 3.55. The van der Waals surface area contributed by atoms with Gasteiger partial charge in [-0.1, -0.05) is 11.3 Å². The normalized spacial score (nSPS) is 15.5. The minimum absolute atomic E-state index is 0.202. The number of amides is 1. The van der Waals surface area contributed by atoms with Crippen molar-refractivity contribution in [3.8, 4) is 0 Å². The van der Waals surface area contributed by atoms with Crippen LogP contribution in [0.15, 0.2) is 0 Å². The zero-order valence-corrected chi connectivity index (χ0v) is 11.7. The fourth-order valence-electron chi connectivity index (χ4n) is 1.72. The molecule has 0 saturated carbocycles. The number of rotatable bonds is 5. The number of hydrogen-bond donors (Lipinski definition) is 2. The fraction of sp³-hybridized carbons (Fsp3) is 0.636. The minimum Gasteiger partial charge on any atom is -0.383 e. The molecule has 0 aliphatic carbocycles. The van der Waals surface area contributed by atoms with E-state index in [0.717, 1.165) is 18.2 Å². The molecule has 0 spiro atoms. The third-order valence-electron chi connectivity index (χ3n) is 2.72. The lowest BCUT2D eigenvalue weighted by molar-refractivity contribution is 0.0942. The maximum Gasteiger partial charge on any atom is 0.265 e. The summed E-state index contributed by atoms with van der Waals surface area (Å²) >= 11 is 1.31. The van der Waals surface area contributed by atoms with Gasteiger partial charge in [0.15, 0.2) is 5.13 Å². The van der Waals surface area contributed by atoms with Crippen molar-refractivity contribution in [1.82, 2.24) is 10.3 Å². The summed E-state index contributed by atoms with van der Waals surface area (Å²) in [6.07, 6.45) is 0. The zero-order chi connectivity index (χ0) is 13.7. The summed E-state index contributed by atoms with van der Waals surface area (Å²) in [7, 11) is 1.59. The predicted molar refractivity (Wildman–Crippen MR) is 73.8 cm³/mol. The maximum atomic E-state index is 11.9. The number of aromatic nitrogens is 1. The lowest BCUT2D eigenvalue weighted by Gasteiger charge is -2.25. The molecule has 1 amide bonds. The van der Waals surface area contributed by atoms with Gasteiger partial charge in [-0.15, -0.1) is 0 Å². The van der Waals surface area contributed by atoms with Crippen LogP contribution >= 0.6 is 11.3 Å². The van der Waals surface area contributed by atoms with Crippen LogP contribution in [0, 0.1) is 0 Å². The molecule has 106 valence electrons. The lowest BCUT2D eigenvalue weighted by atomic mass is 10.4. The fourth-order valence-corrected chi connectivity index (χ4v) is 2.67. The van der Waals surface area contributed by atoms with Crippen molar-refractivity contribution < 1.29 is 14.3 Å². The molecule has 8 heteroatoms. The second-order valence-corrected chi connectivity index (χ2v) is 5.04. The Balaban J connectivity index is 2.01. The van der Waals surface area contributed by atoms with E-state index in [0.29, 0.717) is 31.2 Å². The second-order valence-electron chi connectivity index (χ2n) is 4.06. The number of nitrogens with two attached hydrogens (primary N) is 1. The monoisotopic (exact) mass is 286 g/mol. The Morgan fingerprint density at radius 2 is 2.32 bits per heavy atom. The first-order valence-corrected chi connectivity index (χ1v) is 6.90. The first-order valence-electron chi connectivity index (χ1n) is 6.08. The Hall–Kier alpha value is -1.38. The standard InChI is InChI=1S/C11H18N4O3S/c1-17-5-2-13-10(16)8-9(12)14-11(19-8)15-3-6-18-7-4-15/h2-7,12H2,1H3,(H,13,16). The van der Waals surface area contributed by atoms with Gasteiger partial charge in [0, 0.05) is 26.7 Å². The summed E-state index contributed by atoms with van der Waals surface area (Å²) in [4.78, 5) is 18.7. The Morgan fingerprint density at radius 1 is 1.58 bits per heavy atom. The van der Waals surface area contributed by atoms with E-state index >= 15 is 0 Å². The average Bonchev–Trinajstić information content (AvgIpc) is 2.82. The zero-order valence-electron chi connectivity index (χ0n) is 10.8. The van der Waals surface area contributed by atoms with E-state index in [2.05, 4.69) is 15.2 Å². The molecular weight excluding hydrogens is 268 g/mol. The molecule has 0 unspecified atom stereocenters. The Bertz CT molecular complexity index is 432. The number of carbonyl (C=O) groups is 1. The summed E-state index contributed by atoms with van der Waals surface area (Å²) in [6.45, 7) is 3.83. The van der Waals surface area contributed by atoms with Gasteiger partial charge in [0.25, 0.3) is 5.91 Å². The maximum absolute atomic E-state index is 11.9. The predicted octanol–water partition coefficient (Wildman–Crippen LogP) is -0.0619. The van der Waals surface area contributed by atoms with Crippen molar-refractivity contribution in [1.29, 1.82) is 0 Å². The molecule has 3 N–H and O–H groups in total. The average molecular weight is 286 g/mol. The van der Waals surface area contributed by atoms with E-state index in [4.69, 9.17) is 15.2 Å². The SMILES string of the molecule is COCCNC(=O)c1sc(N2CCOCC2)nc1N. The van der Waals surface area contributed by atoms with Gasteiger partial charge < -0.3 is 25.4 Å². The smallest absolute Gasteiger partial charge is 0.265 e. The minimum atomic E-state index is -0.202. The van der Waals surface area contributed by atoms with E-state index in [1.165, 1.54) is 11.3 Å². The van der Waals surface area contributed by atoms with Crippen molar-refractivity contribution in [2.75, 3.05) is 57.2 Å². The molecule has 7 nitrogen and oxygen atoms in total. The highest BCUT2D eigenvalue weighted by atomic mass is 32.1. The topological polar surface area (TPSA) is 89.7 Å². The number of carbonyl (C=O) groups excluding carboxylic acids is 1. The molecule has 0 atom stereocenters. The van der Waals surface area contributed by atoms with Crippen molar-refractivity contribution >= 4 is 28.2 Å². The third-order valence-corrected chi connectivity index (χ3v) is 3.85. The van der Waals surface area contributed by atoms with Gasteiger partial charge in [0.05, 0.1) is 19.8 Å². The van der Waals surface area contributed by atoms with Gasteiger partial charge in [-0.3, -0.25) is 4.79 Å². The van der Waals surface area contributed by atoms with Crippen molar-refractivity contribution in [3.63, 3.8) is 0 Å². The van der Waals surface area contributed by atoms with Crippen LogP contribution in [0.4, 0.5) is 10.9 Å². The van der Waals surface area contributed by atoms with Gasteiger partial charge >= 0.3 is 0 Å². The van der Waals surface area contributed by atoms with Crippen LogP contribution in [0.25, 0.3) is 0 Å². The number of ether oxygens (including phenoxy) is 2. The van der Waals surface area contributed by atoms with Crippen molar-refractivity contribution in [2.45, 2.75) is 0 Å². The summed E-state index contributed by atoms with van der Waals surface area (Å²) in [5.74, 6) is 0.0768. The quantitative estimate of drug-likeness (QED) is 0.737. The molecular formula is C11H18N4O3S. The lowest BCUT2D eigenvalue weighted by Crippen LogP contribution is -2.36. The largest absolute Gasteiger partial charge is 0.383 e. The highest BCUT2D eigenvalue weighted by molar-refractivity contribution is 7.18. The highest BCUT2D eigenvalue weighted by Crippen LogP contribution is 2.28. The van der Waals surface area contributed by atoms with Gasteiger partial charge in [-0.2, -0.15) is 0 Å². The molecule has 0 aromatic carbocycles. The Kier molecular flexibility index (Phi) is 4.94. The van der Waals surface area contributed by atoms with Crippen molar-refractivity contribution in [3.05, 3.63) is 4.88 Å². The van der Waals surface area contributed by atoms with Crippen LogP contribution in [-0.2, 0) is 9.47 Å². The van der Waals surface area contributed by atoms with Crippen LogP contribution in [0.1, 0.15) is 9.67 Å². The van der Waals surface area contributed by atoms with Crippen LogP contribution < -0.4 is 16.0 Å². The Morgan fingerprint density at radius 3 is 3.00 bits per heavy atom. The van der Waals surface area contributed by atoms with Crippen molar-refractivity contribution in [2.24, 2.45) is 0 Å². The van der Waals surface area contributed by atoms with Crippen LogP contribution in [0.2, 0.25) is 0 Å². The van der Waals surface area contributed by atoms with Crippen LogP contribution in [-0.4, -0.2) is 57.5 Å². The van der Waals surface area contributed by atoms with E-state index in [1.54, 1.807) is 7.11 Å². The van der Waals surface area contributed by atoms with Crippen LogP contribution in [0.5, 0.6) is 0 Å². The van der Waals surface area contributed by atoms with Gasteiger partial charge in [0.1, 0.15) is 10.7 Å². The molecule has 0 radical (unpaired) electrons. The molecule has 2 heterocycles. The van der Waals surface area contributed by atoms with Crippen LogP contribution in [0.3, 0.4) is 0 Å². The first-order chi connectivity index (χ1) is 9.22. The van der Waals surface area contributed by atoms with E-state index in [1.807, 2.05) is 0 Å². The molecule has 1 aromatic heterocycles. The summed E-state index contributed by atoms with van der Waals surface area (Å²) < 4.78 is 10.2. The Labute approximate surface area is 115 Å². The summed E-state index contributed by atoms with van der Waals surface area (Å²) in [5.41, 5.74) is 5.80. The van der Waals surface area contributed by atoms with E-state index in [9.17, 15) is 4.79 Å². The number of methoxy groups -OCH3 is 1. The number of nitrogen functional groups attached to an aromatic ring is 1. The number of morpholine rings is 1. The molecule has 1 aliphatic rings. The van der Waals surface area contributed by atoms with Gasteiger partial charge in [-0.05, 0) is 0 Å². The first kappa shape index (κ1) is 14.0. The van der Waals surface area contributed by atoms with Gasteiger partial charge in [0.2, 0.25) is 0 Å². The van der Waals surface area contributed by atoms with E-state index in [-0.39, 0.29) is 11.7 Å². The second kappa shape index (κ2) is 6.69. The molecule has 0 bridgehead atoms. The molecule has 1 aliphatic heterocycles. The number of hydrogen-bond acceptors (Lipinski definition) is 7. The number of anilines is 2. The number of thiazole rings is 1. The number of nitrogens with one attached hydrogen (secondary N) is 1. The summed E-state index contributed by atoms with van der Waals surface area (Å²) in [5, 5.41) is 3.52. The molecule has 1 fully saturated rings. The molecule has 2 rings (SSSR count). The highest BCUT2D eigenvalue weighted by Gasteiger charge is 2.20. The molecule has 19 heavy (non-hydrogen) atoms. The summed E-state index contributed by atoms with van der Waals surface area (Å²) in [6, 6.07) is 0. The van der Waals surface area contributed by atoms with Gasteiger partial charge in [-0.25, -0.2) is 4.98 Å². The van der Waals surface area contributed by atoms with E-state index < -0.39 is 0 Å². The molecule has 1 aromatic rings.